The van der Waals surface area contributed by atoms with Crippen LogP contribution < -0.4 is 4.74 Å². The lowest BCUT2D eigenvalue weighted by Crippen LogP contribution is -2.40. The van der Waals surface area contributed by atoms with Crippen LogP contribution in [0.3, 0.4) is 0 Å². The smallest absolute Gasteiger partial charge is 0.259 e. The normalized spacial score (nSPS) is 16.0. The van der Waals surface area contributed by atoms with Gasteiger partial charge in [0.15, 0.2) is 0 Å². The largest absolute Gasteiger partial charge is 0.437 e. The van der Waals surface area contributed by atoms with Crippen LogP contribution in [0.15, 0.2) is 73.2 Å². The molecule has 0 N–H and O–H groups in total. The van der Waals surface area contributed by atoms with Gasteiger partial charge in [0.2, 0.25) is 5.88 Å². The molecule has 0 aliphatic carbocycles. The van der Waals surface area contributed by atoms with Gasteiger partial charge in [0, 0.05) is 36.6 Å². The van der Waals surface area contributed by atoms with Crippen LogP contribution in [0.2, 0.25) is 0 Å². The van der Waals surface area contributed by atoms with Crippen molar-refractivity contribution in [3.05, 3.63) is 90.0 Å². The van der Waals surface area contributed by atoms with Gasteiger partial charge >= 0.3 is 0 Å². The molecule has 166 valence electrons. The minimum Gasteiger partial charge on any atom is -0.437 e. The number of ether oxygens (including phenoxy) is 1. The Balaban J connectivity index is 1.33. The molecule has 1 aliphatic heterocycles. The monoisotopic (exact) mass is 438 g/mol. The fourth-order valence-corrected chi connectivity index (χ4v) is 4.49. The Kier molecular flexibility index (Phi) is 5.98. The lowest BCUT2D eigenvalue weighted by Gasteiger charge is -2.33. The van der Waals surface area contributed by atoms with E-state index in [1.54, 1.807) is 24.5 Å². The molecule has 1 aromatic carbocycles. The molecule has 4 heterocycles. The van der Waals surface area contributed by atoms with E-state index in [1.807, 2.05) is 36.2 Å². The summed E-state index contributed by atoms with van der Waals surface area (Å²) in [5, 5.41) is 1.15. The Labute approximate surface area is 193 Å². The minimum atomic E-state index is -0.0427. The molecule has 0 unspecified atom stereocenters. The fourth-order valence-electron chi connectivity index (χ4n) is 4.49. The SMILES string of the molecule is Cc1ccc(Oc2ncccc2C(=O)N2CCC[C@@H](Cc3cccc4cccnc34)C2)cn1. The number of carbonyl (C=O) groups is 1. The van der Waals surface area contributed by atoms with Crippen molar-refractivity contribution in [1.29, 1.82) is 0 Å². The van der Waals surface area contributed by atoms with Gasteiger partial charge in [-0.2, -0.15) is 0 Å². The van der Waals surface area contributed by atoms with Crippen molar-refractivity contribution in [2.24, 2.45) is 5.92 Å². The summed E-state index contributed by atoms with van der Waals surface area (Å²) in [5.74, 6) is 1.22. The molecular weight excluding hydrogens is 412 g/mol. The van der Waals surface area contributed by atoms with E-state index in [9.17, 15) is 4.79 Å². The van der Waals surface area contributed by atoms with Crippen molar-refractivity contribution >= 4 is 16.8 Å². The van der Waals surface area contributed by atoms with Gasteiger partial charge in [-0.3, -0.25) is 14.8 Å². The van der Waals surface area contributed by atoms with Crippen LogP contribution in [0, 0.1) is 12.8 Å². The number of aromatic nitrogens is 3. The molecule has 0 spiro atoms. The molecule has 1 saturated heterocycles. The third kappa shape index (κ3) is 4.70. The molecule has 3 aromatic heterocycles. The third-order valence-corrected chi connectivity index (χ3v) is 6.13. The molecule has 1 atom stereocenters. The van der Waals surface area contributed by atoms with Crippen molar-refractivity contribution in [3.8, 4) is 11.6 Å². The number of nitrogens with zero attached hydrogens (tertiary/aromatic N) is 4. The van der Waals surface area contributed by atoms with Crippen molar-refractivity contribution in [2.75, 3.05) is 13.1 Å². The maximum absolute atomic E-state index is 13.5. The number of likely N-dealkylation sites (tertiary alicyclic amines) is 1. The fraction of sp³-hybridized carbons (Fsp3) is 0.259. The average molecular weight is 439 g/mol. The van der Waals surface area contributed by atoms with Crippen LogP contribution in [-0.2, 0) is 6.42 Å². The third-order valence-electron chi connectivity index (χ3n) is 6.13. The standard InChI is InChI=1S/C27H26N4O2/c1-19-11-12-23(17-30-19)33-26-24(10-4-14-29-26)27(32)31-15-5-6-20(18-31)16-22-8-2-7-21-9-3-13-28-25(21)22/h2-4,7-14,17,20H,5-6,15-16,18H2,1H3/t20-/m0/s1. The Morgan fingerprint density at radius 2 is 1.88 bits per heavy atom. The molecular formula is C27H26N4O2. The number of piperidine rings is 1. The Morgan fingerprint density at radius 1 is 1.03 bits per heavy atom. The highest BCUT2D eigenvalue weighted by Gasteiger charge is 2.27. The van der Waals surface area contributed by atoms with Crippen molar-refractivity contribution < 1.29 is 9.53 Å². The van der Waals surface area contributed by atoms with E-state index in [-0.39, 0.29) is 5.91 Å². The maximum Gasteiger partial charge on any atom is 0.259 e. The van der Waals surface area contributed by atoms with E-state index in [4.69, 9.17) is 4.74 Å². The number of carbonyl (C=O) groups excluding carboxylic acids is 1. The molecule has 33 heavy (non-hydrogen) atoms. The topological polar surface area (TPSA) is 68.2 Å². The van der Waals surface area contributed by atoms with E-state index in [0.29, 0.717) is 29.7 Å². The number of benzene rings is 1. The zero-order valence-corrected chi connectivity index (χ0v) is 18.6. The number of hydrogen-bond donors (Lipinski definition) is 0. The van der Waals surface area contributed by atoms with Crippen LogP contribution in [0.25, 0.3) is 10.9 Å². The van der Waals surface area contributed by atoms with Gasteiger partial charge < -0.3 is 9.64 Å². The highest BCUT2D eigenvalue weighted by molar-refractivity contribution is 5.96. The zero-order valence-electron chi connectivity index (χ0n) is 18.6. The summed E-state index contributed by atoms with van der Waals surface area (Å²) < 4.78 is 5.92. The number of aryl methyl sites for hydroxylation is 1. The van der Waals surface area contributed by atoms with Gasteiger partial charge in [0.25, 0.3) is 5.91 Å². The molecule has 1 aliphatic rings. The van der Waals surface area contributed by atoms with Gasteiger partial charge in [-0.05, 0) is 68.0 Å². The number of fused-ring (bicyclic) bond motifs is 1. The molecule has 1 fully saturated rings. The van der Waals surface area contributed by atoms with E-state index < -0.39 is 0 Å². The molecule has 0 radical (unpaired) electrons. The quantitative estimate of drug-likeness (QED) is 0.427. The van der Waals surface area contributed by atoms with Gasteiger partial charge in [-0.25, -0.2) is 4.98 Å². The zero-order chi connectivity index (χ0) is 22.6. The highest BCUT2D eigenvalue weighted by atomic mass is 16.5. The van der Waals surface area contributed by atoms with Crippen LogP contribution in [0.5, 0.6) is 11.6 Å². The van der Waals surface area contributed by atoms with E-state index in [2.05, 4.69) is 39.2 Å². The first-order valence-electron chi connectivity index (χ1n) is 11.3. The molecule has 6 heteroatoms. The van der Waals surface area contributed by atoms with Crippen molar-refractivity contribution in [3.63, 3.8) is 0 Å². The molecule has 5 rings (SSSR count). The number of hydrogen-bond acceptors (Lipinski definition) is 5. The molecule has 6 nitrogen and oxygen atoms in total. The summed E-state index contributed by atoms with van der Waals surface area (Å²) in [6.07, 6.45) is 8.11. The van der Waals surface area contributed by atoms with Crippen LogP contribution >= 0.6 is 0 Å². The summed E-state index contributed by atoms with van der Waals surface area (Å²) in [7, 11) is 0. The van der Waals surface area contributed by atoms with Gasteiger partial charge in [0.05, 0.1) is 11.7 Å². The number of amides is 1. The van der Waals surface area contributed by atoms with Gasteiger partial charge in [-0.1, -0.05) is 24.3 Å². The summed E-state index contributed by atoms with van der Waals surface area (Å²) in [6.45, 7) is 3.37. The number of pyridine rings is 3. The Bertz CT molecular complexity index is 1270. The summed E-state index contributed by atoms with van der Waals surface area (Å²) in [6, 6.07) is 17.7. The highest BCUT2D eigenvalue weighted by Crippen LogP contribution is 2.28. The predicted octanol–water partition coefficient (Wildman–Crippen LogP) is 5.22. The van der Waals surface area contributed by atoms with Crippen molar-refractivity contribution in [2.45, 2.75) is 26.2 Å². The minimum absolute atomic E-state index is 0.0427. The van der Waals surface area contributed by atoms with Crippen LogP contribution in [-0.4, -0.2) is 38.8 Å². The Morgan fingerprint density at radius 3 is 2.76 bits per heavy atom. The average Bonchev–Trinajstić information content (AvgIpc) is 2.86. The maximum atomic E-state index is 13.5. The van der Waals surface area contributed by atoms with E-state index >= 15 is 0 Å². The van der Waals surface area contributed by atoms with Crippen LogP contribution in [0.4, 0.5) is 0 Å². The summed E-state index contributed by atoms with van der Waals surface area (Å²) in [4.78, 5) is 28.6. The summed E-state index contributed by atoms with van der Waals surface area (Å²) >= 11 is 0. The lowest BCUT2D eigenvalue weighted by atomic mass is 9.90. The van der Waals surface area contributed by atoms with E-state index in [0.717, 1.165) is 42.4 Å². The second kappa shape index (κ2) is 9.36. The first-order valence-corrected chi connectivity index (χ1v) is 11.3. The predicted molar refractivity (Wildman–Crippen MR) is 127 cm³/mol. The lowest BCUT2D eigenvalue weighted by molar-refractivity contribution is 0.0670. The first kappa shape index (κ1) is 21.1. The number of para-hydroxylation sites is 1. The Hall–Kier alpha value is -3.80. The molecule has 4 aromatic rings. The number of rotatable bonds is 5. The molecule has 1 amide bonds. The second-order valence-corrected chi connectivity index (χ2v) is 8.55. The first-order chi connectivity index (χ1) is 16.2. The van der Waals surface area contributed by atoms with Crippen LogP contribution in [0.1, 0.15) is 34.5 Å². The second-order valence-electron chi connectivity index (χ2n) is 8.55. The summed E-state index contributed by atoms with van der Waals surface area (Å²) in [5.41, 5.74) is 3.67. The van der Waals surface area contributed by atoms with Gasteiger partial charge in [0.1, 0.15) is 11.3 Å². The molecule has 0 saturated carbocycles. The van der Waals surface area contributed by atoms with Gasteiger partial charge in [-0.15, -0.1) is 0 Å². The van der Waals surface area contributed by atoms with E-state index in [1.165, 1.54) is 5.56 Å². The molecule has 0 bridgehead atoms. The van der Waals surface area contributed by atoms with Crippen molar-refractivity contribution in [1.82, 2.24) is 19.9 Å².